The summed E-state index contributed by atoms with van der Waals surface area (Å²) in [6.07, 6.45) is -8.27. The maximum atomic E-state index is 14.0. The number of carbonyl (C=O) groups is 10. The molecule has 0 amide bonds. The molecule has 0 aromatic heterocycles. The van der Waals surface area contributed by atoms with E-state index in [0.717, 1.165) is 34.6 Å². The van der Waals surface area contributed by atoms with Crippen LogP contribution in [0.2, 0.25) is 0 Å². The summed E-state index contributed by atoms with van der Waals surface area (Å²) in [6.45, 7) is 8.47. The number of rotatable bonds is 21. The molecule has 71 heavy (non-hydrogen) atoms. The van der Waals surface area contributed by atoms with Crippen molar-refractivity contribution in [3.05, 3.63) is 89.0 Å². The average molecular weight is 993 g/mol. The Bertz CT molecular complexity index is 2510. The number of benzene rings is 3. The molecular formula is C49H52O22. The molecule has 1 aliphatic heterocycles. The molecule has 380 valence electrons. The van der Waals surface area contributed by atoms with Crippen LogP contribution >= 0.6 is 0 Å². The normalized spacial score (nSPS) is 17.3. The van der Waals surface area contributed by atoms with Crippen LogP contribution in [0.4, 0.5) is 0 Å². The highest BCUT2D eigenvalue weighted by molar-refractivity contribution is 5.78. The van der Waals surface area contributed by atoms with Gasteiger partial charge in [-0.05, 0) is 71.7 Å². The zero-order valence-corrected chi connectivity index (χ0v) is 40.0. The second kappa shape index (κ2) is 26.7. The lowest BCUT2D eigenvalue weighted by Gasteiger charge is -2.44. The minimum absolute atomic E-state index is 0.0917. The topological polar surface area (TPSA) is 281 Å². The van der Waals surface area contributed by atoms with Gasteiger partial charge in [-0.1, -0.05) is 24.3 Å². The van der Waals surface area contributed by atoms with Crippen molar-refractivity contribution in [1.82, 2.24) is 0 Å². The molecule has 0 N–H and O–H groups in total. The Hall–Kier alpha value is -7.98. The number of carbonyl (C=O) groups excluding carboxylic acids is 10. The zero-order valence-electron chi connectivity index (χ0n) is 40.0. The smallest absolute Gasteiger partial charge is 0.310 e. The van der Waals surface area contributed by atoms with Gasteiger partial charge in [0.05, 0.1) is 25.9 Å². The highest BCUT2D eigenvalue weighted by Crippen LogP contribution is 2.33. The van der Waals surface area contributed by atoms with E-state index < -0.39 is 116 Å². The van der Waals surface area contributed by atoms with Crippen molar-refractivity contribution in [2.24, 2.45) is 0 Å². The maximum Gasteiger partial charge on any atom is 0.310 e. The predicted molar refractivity (Wildman–Crippen MR) is 238 cm³/mol. The first-order valence-corrected chi connectivity index (χ1v) is 21.6. The van der Waals surface area contributed by atoms with E-state index in [1.807, 2.05) is 0 Å². The number of ether oxygens (including phenoxy) is 12. The van der Waals surface area contributed by atoms with E-state index in [1.165, 1.54) is 80.6 Å². The highest BCUT2D eigenvalue weighted by Gasteiger charge is 2.53. The Morgan fingerprint density at radius 2 is 0.930 bits per heavy atom. The van der Waals surface area contributed by atoms with Gasteiger partial charge in [0.1, 0.15) is 25.1 Å². The van der Waals surface area contributed by atoms with Crippen molar-refractivity contribution < 1.29 is 105 Å². The third-order valence-electron chi connectivity index (χ3n) is 9.29. The van der Waals surface area contributed by atoms with E-state index in [0.29, 0.717) is 11.1 Å². The Morgan fingerprint density at radius 1 is 0.465 bits per heavy atom. The summed E-state index contributed by atoms with van der Waals surface area (Å²) in [7, 11) is 0. The van der Waals surface area contributed by atoms with E-state index in [1.54, 1.807) is 6.92 Å². The van der Waals surface area contributed by atoms with Gasteiger partial charge in [-0.25, -0.2) is 0 Å². The Morgan fingerprint density at radius 3 is 1.42 bits per heavy atom. The molecule has 0 radical (unpaired) electrons. The Balaban J connectivity index is 1.73. The van der Waals surface area contributed by atoms with Crippen LogP contribution in [-0.2, 0) is 100 Å². The fourth-order valence-corrected chi connectivity index (χ4v) is 6.54. The van der Waals surface area contributed by atoms with Crippen LogP contribution in [0, 0.1) is 0 Å². The van der Waals surface area contributed by atoms with Crippen LogP contribution in [0.3, 0.4) is 0 Å². The average Bonchev–Trinajstić information content (AvgIpc) is 3.25. The van der Waals surface area contributed by atoms with Crippen LogP contribution < -0.4 is 23.7 Å². The zero-order chi connectivity index (χ0) is 52.4. The van der Waals surface area contributed by atoms with Gasteiger partial charge in [0.2, 0.25) is 0 Å². The fourth-order valence-electron chi connectivity index (χ4n) is 6.54. The van der Waals surface area contributed by atoms with Crippen molar-refractivity contribution in [1.29, 1.82) is 0 Å². The first-order chi connectivity index (χ1) is 33.5. The molecule has 3 aromatic rings. The molecule has 1 heterocycles. The Kier molecular flexibility index (Phi) is 20.9. The summed E-state index contributed by atoms with van der Waals surface area (Å²) in [4.78, 5) is 124. The van der Waals surface area contributed by atoms with E-state index in [9.17, 15) is 47.9 Å². The summed E-state index contributed by atoms with van der Waals surface area (Å²) >= 11 is 0. The standard InChI is InChI=1S/C49H52O22/c1-26(17-18-60-27(2)50)24-62-49-48(71-45(59)23-36-12-16-39(65-30(5)53)41(20-36)67-32(7)55)47(70-44(58)21-34-9-13-37(14-10-34)63-28(3)51)46(68-33(8)56)42(69-49)25-61-43(57)22-35-11-15-38(64-29(4)52)40(19-35)66-31(6)54/h9-17,19-20,42,46-49H,18,21-25H2,1-8H3/b26-17+/t42-,46-,47+,48-,49-/m1/s1. The largest absolute Gasteiger partial charge is 0.463 e. The molecule has 4 rings (SSSR count). The summed E-state index contributed by atoms with van der Waals surface area (Å²) < 4.78 is 66.2. The van der Waals surface area contributed by atoms with Gasteiger partial charge in [0.15, 0.2) is 47.6 Å². The fraction of sp³-hybridized carbons (Fsp3) is 0.388. The van der Waals surface area contributed by atoms with Crippen LogP contribution in [0.15, 0.2) is 72.3 Å². The van der Waals surface area contributed by atoms with Crippen molar-refractivity contribution >= 4 is 59.7 Å². The molecule has 22 heteroatoms. The summed E-state index contributed by atoms with van der Waals surface area (Å²) in [5.74, 6) is -8.20. The van der Waals surface area contributed by atoms with Crippen LogP contribution in [0.25, 0.3) is 0 Å². The van der Waals surface area contributed by atoms with Gasteiger partial charge in [-0.3, -0.25) is 47.9 Å². The molecule has 0 spiro atoms. The second-order valence-corrected chi connectivity index (χ2v) is 15.6. The van der Waals surface area contributed by atoms with Gasteiger partial charge in [0.25, 0.3) is 0 Å². The molecule has 0 aliphatic carbocycles. The van der Waals surface area contributed by atoms with Crippen LogP contribution in [0.5, 0.6) is 28.7 Å². The molecule has 22 nitrogen and oxygen atoms in total. The van der Waals surface area contributed by atoms with Gasteiger partial charge in [0, 0.05) is 48.5 Å². The van der Waals surface area contributed by atoms with Crippen LogP contribution in [0.1, 0.15) is 72.1 Å². The van der Waals surface area contributed by atoms with Gasteiger partial charge in [-0.2, -0.15) is 0 Å². The first-order valence-electron chi connectivity index (χ1n) is 21.6. The third kappa shape index (κ3) is 19.1. The number of hydrogen-bond donors (Lipinski definition) is 0. The molecule has 1 fully saturated rings. The molecule has 0 saturated carbocycles. The van der Waals surface area contributed by atoms with Crippen LogP contribution in [-0.4, -0.2) is 110 Å². The summed E-state index contributed by atoms with van der Waals surface area (Å²) in [5, 5.41) is 0. The molecule has 0 bridgehead atoms. The highest BCUT2D eigenvalue weighted by atomic mass is 16.7. The maximum absolute atomic E-state index is 14.0. The Labute approximate surface area is 406 Å². The van der Waals surface area contributed by atoms with E-state index in [2.05, 4.69) is 0 Å². The van der Waals surface area contributed by atoms with E-state index in [-0.39, 0.29) is 53.1 Å². The monoisotopic (exact) mass is 992 g/mol. The minimum atomic E-state index is -1.76. The van der Waals surface area contributed by atoms with Crippen molar-refractivity contribution in [3.63, 3.8) is 0 Å². The lowest BCUT2D eigenvalue weighted by Crippen LogP contribution is -2.63. The molecular weight excluding hydrogens is 941 g/mol. The molecule has 0 unspecified atom stereocenters. The molecule has 1 saturated heterocycles. The molecule has 3 aromatic carbocycles. The summed E-state index contributed by atoms with van der Waals surface area (Å²) in [6, 6.07) is 13.8. The molecule has 1 aliphatic rings. The van der Waals surface area contributed by atoms with Crippen molar-refractivity contribution in [3.8, 4) is 28.7 Å². The van der Waals surface area contributed by atoms with Gasteiger partial charge < -0.3 is 56.8 Å². The third-order valence-corrected chi connectivity index (χ3v) is 9.29. The summed E-state index contributed by atoms with van der Waals surface area (Å²) in [5.41, 5.74) is 1.30. The number of esters is 10. The van der Waals surface area contributed by atoms with Crippen molar-refractivity contribution in [2.75, 3.05) is 19.8 Å². The van der Waals surface area contributed by atoms with E-state index >= 15 is 0 Å². The van der Waals surface area contributed by atoms with Gasteiger partial charge in [-0.15, -0.1) is 0 Å². The second-order valence-electron chi connectivity index (χ2n) is 15.6. The van der Waals surface area contributed by atoms with E-state index in [4.69, 9.17) is 56.8 Å². The first kappa shape index (κ1) is 55.6. The quantitative estimate of drug-likeness (QED) is 0.0633. The minimum Gasteiger partial charge on any atom is -0.463 e. The number of hydrogen-bond acceptors (Lipinski definition) is 22. The molecule has 5 atom stereocenters. The lowest BCUT2D eigenvalue weighted by molar-refractivity contribution is -0.306. The predicted octanol–water partition coefficient (Wildman–Crippen LogP) is 3.89. The lowest BCUT2D eigenvalue weighted by atomic mass is 9.97. The van der Waals surface area contributed by atoms with Crippen molar-refractivity contribution in [2.45, 2.75) is 105 Å². The van der Waals surface area contributed by atoms with Gasteiger partial charge >= 0.3 is 59.7 Å². The SMILES string of the molecule is CC(=O)OC/C=C(\C)CO[C@@H]1O[C@H](COC(=O)Cc2ccc(OC(C)=O)c(OC(C)=O)c2)[C@@H](OC(C)=O)[C@H](OC(=O)Cc2ccc(OC(C)=O)cc2)[C@H]1OC(=O)Cc1ccc(OC(C)=O)c(OC(C)=O)c1.